The second kappa shape index (κ2) is 7.83. The summed E-state index contributed by atoms with van der Waals surface area (Å²) in [6, 6.07) is 0. The molecule has 104 valence electrons. The number of rotatable bonds is 9. The quantitative estimate of drug-likeness (QED) is 0.664. The molecule has 0 saturated carbocycles. The third kappa shape index (κ3) is 6.44. The van der Waals surface area contributed by atoms with E-state index < -0.39 is 10.0 Å². The maximum Gasteiger partial charge on any atom is 0.211 e. The Labute approximate surface area is 113 Å². The highest BCUT2D eigenvalue weighted by molar-refractivity contribution is 7.89. The van der Waals surface area contributed by atoms with Gasteiger partial charge in [-0.3, -0.25) is 0 Å². The van der Waals surface area contributed by atoms with Gasteiger partial charge in [0, 0.05) is 18.3 Å². The highest BCUT2D eigenvalue weighted by Crippen LogP contribution is 2.07. The van der Waals surface area contributed by atoms with E-state index in [0.29, 0.717) is 19.4 Å². The lowest BCUT2D eigenvalue weighted by atomic mass is 10.3. The number of hydrogen-bond donors (Lipinski definition) is 2. The van der Waals surface area contributed by atoms with Crippen molar-refractivity contribution in [3.8, 4) is 0 Å². The van der Waals surface area contributed by atoms with Crippen LogP contribution in [0.25, 0.3) is 0 Å². The maximum absolute atomic E-state index is 11.6. The summed E-state index contributed by atoms with van der Waals surface area (Å²) in [5, 5.41) is 5.98. The van der Waals surface area contributed by atoms with E-state index in [2.05, 4.69) is 15.0 Å². The molecule has 0 unspecified atom stereocenters. The fraction of sp³-hybridized carbons (Fsp3) is 0.727. The first-order valence-corrected chi connectivity index (χ1v) is 8.59. The molecular formula is C11H21N3O2S2. The van der Waals surface area contributed by atoms with Crippen molar-refractivity contribution in [1.82, 2.24) is 15.0 Å². The van der Waals surface area contributed by atoms with Crippen LogP contribution < -0.4 is 10.0 Å². The van der Waals surface area contributed by atoms with Gasteiger partial charge in [0.2, 0.25) is 10.0 Å². The molecule has 0 aliphatic rings. The van der Waals surface area contributed by atoms with Crippen LogP contribution in [0.1, 0.15) is 23.5 Å². The van der Waals surface area contributed by atoms with E-state index in [1.54, 1.807) is 11.3 Å². The van der Waals surface area contributed by atoms with Crippen LogP contribution >= 0.6 is 11.3 Å². The Bertz CT molecular complexity index is 443. The Kier molecular flexibility index (Phi) is 6.77. The van der Waals surface area contributed by atoms with Crippen molar-refractivity contribution >= 4 is 21.4 Å². The molecule has 0 aliphatic heterocycles. The van der Waals surface area contributed by atoms with Crippen LogP contribution in [0.5, 0.6) is 0 Å². The molecule has 0 atom stereocenters. The minimum absolute atomic E-state index is 0.199. The molecule has 7 heteroatoms. The number of nitrogens with zero attached hydrogens (tertiary/aromatic N) is 1. The third-order valence-electron chi connectivity index (χ3n) is 2.46. The lowest BCUT2D eigenvalue weighted by molar-refractivity contribution is 0.575. The molecule has 0 aliphatic carbocycles. The molecule has 1 rings (SSSR count). The summed E-state index contributed by atoms with van der Waals surface area (Å²) in [7, 11) is -1.26. The molecule has 1 aromatic rings. The van der Waals surface area contributed by atoms with Gasteiger partial charge in [0.25, 0.3) is 0 Å². The van der Waals surface area contributed by atoms with E-state index in [-0.39, 0.29) is 5.75 Å². The van der Waals surface area contributed by atoms with Gasteiger partial charge in [0.05, 0.1) is 16.5 Å². The lowest BCUT2D eigenvalue weighted by Crippen LogP contribution is -2.28. The number of aryl methyl sites for hydroxylation is 1. The highest BCUT2D eigenvalue weighted by Gasteiger charge is 2.09. The summed E-state index contributed by atoms with van der Waals surface area (Å²) in [5.41, 5.74) is 0.954. The SMILES string of the molecule is CNCCCCS(=O)(=O)NCCc1csc(C)n1. The first kappa shape index (κ1) is 15.6. The van der Waals surface area contributed by atoms with Crippen molar-refractivity contribution in [2.45, 2.75) is 26.2 Å². The molecule has 0 saturated heterocycles. The minimum atomic E-state index is -3.13. The second-order valence-corrected chi connectivity index (χ2v) is 7.12. The van der Waals surface area contributed by atoms with Gasteiger partial charge >= 0.3 is 0 Å². The predicted molar refractivity (Wildman–Crippen MR) is 75.5 cm³/mol. The van der Waals surface area contributed by atoms with E-state index in [1.807, 2.05) is 19.4 Å². The van der Waals surface area contributed by atoms with Gasteiger partial charge in [-0.1, -0.05) is 0 Å². The molecule has 1 heterocycles. The smallest absolute Gasteiger partial charge is 0.211 e. The standard InChI is InChI=1S/C11H21N3O2S2/c1-10-14-11(9-17-10)5-7-13-18(15,16)8-4-3-6-12-2/h9,12-13H,3-8H2,1-2H3. The van der Waals surface area contributed by atoms with E-state index in [1.165, 1.54) is 0 Å². The number of aromatic nitrogens is 1. The molecule has 2 N–H and O–H groups in total. The maximum atomic E-state index is 11.6. The molecule has 0 radical (unpaired) electrons. The molecule has 0 fully saturated rings. The van der Waals surface area contributed by atoms with Crippen LogP contribution in [0.15, 0.2) is 5.38 Å². The van der Waals surface area contributed by atoms with E-state index >= 15 is 0 Å². The average Bonchev–Trinajstić information content (AvgIpc) is 2.70. The van der Waals surface area contributed by atoms with E-state index in [4.69, 9.17) is 0 Å². The van der Waals surface area contributed by atoms with Gasteiger partial charge in [-0.05, 0) is 33.4 Å². The van der Waals surface area contributed by atoms with Crippen LogP contribution in [0.3, 0.4) is 0 Å². The molecule has 0 spiro atoms. The summed E-state index contributed by atoms with van der Waals surface area (Å²) >= 11 is 1.59. The topological polar surface area (TPSA) is 71.1 Å². The summed E-state index contributed by atoms with van der Waals surface area (Å²) in [6.45, 7) is 3.23. The van der Waals surface area contributed by atoms with Gasteiger partial charge < -0.3 is 5.32 Å². The Morgan fingerprint density at radius 1 is 1.33 bits per heavy atom. The Hall–Kier alpha value is -0.500. The van der Waals surface area contributed by atoms with Gasteiger partial charge in [0.15, 0.2) is 0 Å². The normalized spacial score (nSPS) is 11.9. The molecule has 1 aromatic heterocycles. The molecular weight excluding hydrogens is 270 g/mol. The van der Waals surface area contributed by atoms with Crippen molar-refractivity contribution < 1.29 is 8.42 Å². The average molecular weight is 291 g/mol. The van der Waals surface area contributed by atoms with Gasteiger partial charge in [-0.25, -0.2) is 18.1 Å². The number of sulfonamides is 1. The predicted octanol–water partition coefficient (Wildman–Crippen LogP) is 0.913. The monoisotopic (exact) mass is 291 g/mol. The fourth-order valence-corrected chi connectivity index (χ4v) is 3.31. The third-order valence-corrected chi connectivity index (χ3v) is 4.75. The second-order valence-electron chi connectivity index (χ2n) is 4.13. The number of thiazole rings is 1. The molecule has 5 nitrogen and oxygen atoms in total. The first-order valence-electron chi connectivity index (χ1n) is 6.06. The molecule has 0 aromatic carbocycles. The zero-order valence-corrected chi connectivity index (χ0v) is 12.5. The molecule has 0 amide bonds. The zero-order chi connectivity index (χ0) is 13.4. The van der Waals surface area contributed by atoms with Crippen molar-refractivity contribution in [2.75, 3.05) is 25.9 Å². The van der Waals surface area contributed by atoms with Crippen molar-refractivity contribution in [2.24, 2.45) is 0 Å². The summed E-state index contributed by atoms with van der Waals surface area (Å²) in [6.07, 6.45) is 2.22. The highest BCUT2D eigenvalue weighted by atomic mass is 32.2. The van der Waals surface area contributed by atoms with Crippen molar-refractivity contribution in [3.63, 3.8) is 0 Å². The van der Waals surface area contributed by atoms with Crippen LogP contribution in [-0.4, -0.2) is 39.3 Å². The lowest BCUT2D eigenvalue weighted by Gasteiger charge is -2.05. The van der Waals surface area contributed by atoms with Crippen LogP contribution in [0, 0.1) is 6.92 Å². The Balaban J connectivity index is 2.20. The van der Waals surface area contributed by atoms with E-state index in [0.717, 1.165) is 23.7 Å². The van der Waals surface area contributed by atoms with Crippen LogP contribution in [0.4, 0.5) is 0 Å². The van der Waals surface area contributed by atoms with Crippen molar-refractivity contribution in [1.29, 1.82) is 0 Å². The number of hydrogen-bond acceptors (Lipinski definition) is 5. The number of unbranched alkanes of at least 4 members (excludes halogenated alkanes) is 1. The number of nitrogens with one attached hydrogen (secondary N) is 2. The summed E-state index contributed by atoms with van der Waals surface area (Å²) < 4.78 is 25.9. The van der Waals surface area contributed by atoms with Gasteiger partial charge in [-0.15, -0.1) is 11.3 Å². The summed E-state index contributed by atoms with van der Waals surface area (Å²) in [4.78, 5) is 4.29. The molecule has 0 bridgehead atoms. The fourth-order valence-electron chi connectivity index (χ4n) is 1.52. The van der Waals surface area contributed by atoms with Gasteiger partial charge in [0.1, 0.15) is 0 Å². The minimum Gasteiger partial charge on any atom is -0.320 e. The zero-order valence-electron chi connectivity index (χ0n) is 10.9. The molecule has 18 heavy (non-hydrogen) atoms. The van der Waals surface area contributed by atoms with E-state index in [9.17, 15) is 8.42 Å². The van der Waals surface area contributed by atoms with Gasteiger partial charge in [-0.2, -0.15) is 0 Å². The Morgan fingerprint density at radius 2 is 2.11 bits per heavy atom. The first-order chi connectivity index (χ1) is 8.53. The largest absolute Gasteiger partial charge is 0.320 e. The van der Waals surface area contributed by atoms with Crippen LogP contribution in [-0.2, 0) is 16.4 Å². The Morgan fingerprint density at radius 3 is 2.72 bits per heavy atom. The summed E-state index contributed by atoms with van der Waals surface area (Å²) in [5.74, 6) is 0.199. The van der Waals surface area contributed by atoms with Crippen LogP contribution in [0.2, 0.25) is 0 Å². The van der Waals surface area contributed by atoms with Crippen molar-refractivity contribution in [3.05, 3.63) is 16.1 Å².